The molecule has 266 valence electrons. The van der Waals surface area contributed by atoms with Gasteiger partial charge in [-0.05, 0) is 0 Å². The maximum absolute atomic E-state index is 12.0. The number of hydrogen-bond donors (Lipinski definition) is 2. The summed E-state index contributed by atoms with van der Waals surface area (Å²) in [6.45, 7) is 6.82. The average Bonchev–Trinajstić information content (AvgIpc) is 3.03. The van der Waals surface area contributed by atoms with Gasteiger partial charge < -0.3 is 0 Å². The number of rotatable bonds is 34. The molecule has 1 aromatic rings. The van der Waals surface area contributed by atoms with Gasteiger partial charge in [0, 0.05) is 0 Å². The Morgan fingerprint density at radius 2 is 0.733 bits per heavy atom. The number of para-hydroxylation sites is 1. The van der Waals surface area contributed by atoms with Crippen LogP contribution >= 0.6 is 7.28 Å². The Bertz CT molecular complexity index is 750. The standard InChI is InChI=1S/C41H79O3P/c1-4-7-10-13-16-18-20-22-25-28-33-38-45(42,43,39-34-29-26-23-21-19-17-14-11-8-5-2)44-41-37-32-31-36-40(41)35-30-27-24-15-12-9-6-3/h31-32,36-37,42-43H,4-30,33-35,38-39H2,1-3H3. The first-order chi connectivity index (χ1) is 21.9. The van der Waals surface area contributed by atoms with Crippen molar-refractivity contribution in [2.24, 2.45) is 0 Å². The monoisotopic (exact) mass is 651 g/mol. The van der Waals surface area contributed by atoms with Crippen LogP contribution in [0.5, 0.6) is 5.75 Å². The topological polar surface area (TPSA) is 49.7 Å². The fraction of sp³-hybridized carbons (Fsp3) is 0.854. The molecule has 0 radical (unpaired) electrons. The van der Waals surface area contributed by atoms with Gasteiger partial charge in [-0.25, -0.2) is 0 Å². The zero-order valence-corrected chi connectivity index (χ0v) is 31.6. The van der Waals surface area contributed by atoms with E-state index in [2.05, 4.69) is 32.9 Å². The summed E-state index contributed by atoms with van der Waals surface area (Å²) in [7, 11) is -4.28. The van der Waals surface area contributed by atoms with Gasteiger partial charge in [-0.2, -0.15) is 0 Å². The Labute approximate surface area is 282 Å². The molecule has 0 bridgehead atoms. The van der Waals surface area contributed by atoms with Gasteiger partial charge in [0.2, 0.25) is 0 Å². The van der Waals surface area contributed by atoms with Crippen LogP contribution in [0.25, 0.3) is 0 Å². The van der Waals surface area contributed by atoms with E-state index in [0.717, 1.165) is 49.8 Å². The molecule has 4 heteroatoms. The van der Waals surface area contributed by atoms with Gasteiger partial charge in [0.25, 0.3) is 0 Å². The summed E-state index contributed by atoms with van der Waals surface area (Å²) < 4.78 is 6.46. The summed E-state index contributed by atoms with van der Waals surface area (Å²) in [5.41, 5.74) is 1.14. The van der Waals surface area contributed by atoms with Crippen LogP contribution in [-0.4, -0.2) is 22.1 Å². The van der Waals surface area contributed by atoms with Crippen molar-refractivity contribution < 1.29 is 14.3 Å². The maximum atomic E-state index is 12.0. The Kier molecular flexibility index (Phi) is 26.7. The van der Waals surface area contributed by atoms with Gasteiger partial charge in [0.1, 0.15) is 0 Å². The predicted octanol–water partition coefficient (Wildman–Crippen LogP) is 14.3. The van der Waals surface area contributed by atoms with Crippen molar-refractivity contribution >= 4 is 7.28 Å². The minimum atomic E-state index is -4.28. The zero-order valence-electron chi connectivity index (χ0n) is 30.7. The first-order valence-electron chi connectivity index (χ1n) is 20.2. The molecule has 0 aliphatic carbocycles. The van der Waals surface area contributed by atoms with Gasteiger partial charge in [-0.3, -0.25) is 0 Å². The summed E-state index contributed by atoms with van der Waals surface area (Å²) in [5.74, 6) is 0.720. The van der Waals surface area contributed by atoms with Gasteiger partial charge in [-0.1, -0.05) is 13.8 Å². The molecule has 0 amide bonds. The summed E-state index contributed by atoms with van der Waals surface area (Å²) in [6.07, 6.45) is 38.4. The average molecular weight is 651 g/mol. The zero-order chi connectivity index (χ0) is 32.8. The van der Waals surface area contributed by atoms with Crippen molar-refractivity contribution in [3.8, 4) is 5.75 Å². The summed E-state index contributed by atoms with van der Waals surface area (Å²) in [5, 5.41) is 0. The van der Waals surface area contributed by atoms with Crippen LogP contribution < -0.4 is 4.52 Å². The van der Waals surface area contributed by atoms with E-state index in [1.165, 1.54) is 154 Å². The fourth-order valence-corrected chi connectivity index (χ4v) is 9.45. The third kappa shape index (κ3) is 24.2. The molecule has 1 rings (SSSR count). The fourth-order valence-electron chi connectivity index (χ4n) is 6.69. The molecule has 0 heterocycles. The van der Waals surface area contributed by atoms with E-state index in [9.17, 15) is 9.79 Å². The first kappa shape index (κ1) is 42.4. The van der Waals surface area contributed by atoms with E-state index in [4.69, 9.17) is 4.52 Å². The molecule has 2 N–H and O–H groups in total. The van der Waals surface area contributed by atoms with Crippen molar-refractivity contribution in [3.63, 3.8) is 0 Å². The Balaban J connectivity index is 2.59. The molecule has 0 saturated carbocycles. The summed E-state index contributed by atoms with van der Waals surface area (Å²) >= 11 is 0. The molecule has 0 aliphatic rings. The second-order valence-electron chi connectivity index (χ2n) is 14.4. The van der Waals surface area contributed by atoms with E-state index < -0.39 is 7.28 Å². The Morgan fingerprint density at radius 1 is 0.422 bits per heavy atom. The number of unbranched alkanes of at least 4 members (excludes halogenated alkanes) is 26. The molecule has 0 aromatic heterocycles. The van der Waals surface area contributed by atoms with Gasteiger partial charge >= 0.3 is 269 Å². The molecule has 0 aliphatic heterocycles. The number of benzene rings is 1. The molecule has 3 nitrogen and oxygen atoms in total. The first-order valence-corrected chi connectivity index (χ1v) is 22.7. The summed E-state index contributed by atoms with van der Waals surface area (Å²) in [6, 6.07) is 8.17. The minimum absolute atomic E-state index is 0.409. The van der Waals surface area contributed by atoms with Crippen molar-refractivity contribution in [2.75, 3.05) is 12.3 Å². The van der Waals surface area contributed by atoms with E-state index in [0.29, 0.717) is 12.3 Å². The second kappa shape index (κ2) is 28.4. The van der Waals surface area contributed by atoms with Crippen molar-refractivity contribution in [2.45, 2.75) is 213 Å². The second-order valence-corrected chi connectivity index (χ2v) is 18.1. The van der Waals surface area contributed by atoms with Gasteiger partial charge in [0.05, 0.1) is 0 Å². The third-order valence-electron chi connectivity index (χ3n) is 9.75. The SMILES string of the molecule is CCCCCCCCCCCCCP(O)(O)(CCCCCCCCCCCCC)Oc1ccccc1CCCCCCCCC. The molecular formula is C41H79O3P. The molecule has 0 atom stereocenters. The van der Waals surface area contributed by atoms with Gasteiger partial charge in [-0.15, -0.1) is 0 Å². The van der Waals surface area contributed by atoms with Crippen molar-refractivity contribution in [1.82, 2.24) is 0 Å². The Morgan fingerprint density at radius 3 is 1.11 bits per heavy atom. The van der Waals surface area contributed by atoms with Crippen LogP contribution in [0.3, 0.4) is 0 Å². The number of aryl methyl sites for hydroxylation is 1. The normalized spacial score (nSPS) is 12.8. The van der Waals surface area contributed by atoms with Crippen LogP contribution in [0.15, 0.2) is 24.3 Å². The van der Waals surface area contributed by atoms with E-state index in [1.807, 2.05) is 12.1 Å². The Hall–Kier alpha value is -0.630. The molecule has 1 aromatic carbocycles. The molecule has 0 fully saturated rings. The third-order valence-corrected chi connectivity index (χ3v) is 12.8. The molecule has 0 saturated heterocycles. The van der Waals surface area contributed by atoms with E-state index >= 15 is 0 Å². The number of hydrogen-bond acceptors (Lipinski definition) is 3. The van der Waals surface area contributed by atoms with E-state index in [-0.39, 0.29) is 0 Å². The van der Waals surface area contributed by atoms with Crippen LogP contribution in [0, 0.1) is 0 Å². The van der Waals surface area contributed by atoms with E-state index in [1.54, 1.807) is 0 Å². The van der Waals surface area contributed by atoms with Crippen molar-refractivity contribution in [3.05, 3.63) is 29.8 Å². The van der Waals surface area contributed by atoms with Crippen LogP contribution in [0.4, 0.5) is 0 Å². The van der Waals surface area contributed by atoms with Crippen LogP contribution in [0.1, 0.15) is 213 Å². The quantitative estimate of drug-likeness (QED) is 0.0576. The molecule has 0 spiro atoms. The molecule has 0 unspecified atom stereocenters. The van der Waals surface area contributed by atoms with Crippen LogP contribution in [0.2, 0.25) is 0 Å². The van der Waals surface area contributed by atoms with Crippen molar-refractivity contribution in [1.29, 1.82) is 0 Å². The van der Waals surface area contributed by atoms with Crippen LogP contribution in [-0.2, 0) is 6.42 Å². The molecule has 45 heavy (non-hydrogen) atoms. The molecular weight excluding hydrogens is 571 g/mol. The van der Waals surface area contributed by atoms with Gasteiger partial charge in [0.15, 0.2) is 0 Å². The summed E-state index contributed by atoms with van der Waals surface area (Å²) in [4.78, 5) is 24.0. The predicted molar refractivity (Wildman–Crippen MR) is 203 cm³/mol.